The summed E-state index contributed by atoms with van der Waals surface area (Å²) in [6, 6.07) is 13.7. The Kier molecular flexibility index (Phi) is 4.65. The molecule has 27 heavy (non-hydrogen) atoms. The van der Waals surface area contributed by atoms with Crippen LogP contribution in [0, 0.1) is 11.3 Å². The Hall–Kier alpha value is -2.75. The maximum atomic E-state index is 10.1. The van der Waals surface area contributed by atoms with Gasteiger partial charge in [0.05, 0.1) is 17.8 Å². The zero-order valence-corrected chi connectivity index (χ0v) is 16.0. The second-order valence-electron chi connectivity index (χ2n) is 6.83. The van der Waals surface area contributed by atoms with Crippen molar-refractivity contribution in [3.8, 4) is 33.0 Å². The SMILES string of the molecule is CC(C)Oc1ccc(-c2nnc(-c3cccc4c3CC[C@@H]4O)s2)cc1C#N. The van der Waals surface area contributed by atoms with Gasteiger partial charge in [0.25, 0.3) is 0 Å². The lowest BCUT2D eigenvalue weighted by molar-refractivity contribution is 0.180. The summed E-state index contributed by atoms with van der Waals surface area (Å²) in [7, 11) is 0. The van der Waals surface area contributed by atoms with E-state index in [1.807, 2.05) is 44.2 Å². The van der Waals surface area contributed by atoms with E-state index in [4.69, 9.17) is 4.74 Å². The van der Waals surface area contributed by atoms with Crippen LogP contribution in [0.3, 0.4) is 0 Å². The lowest BCUT2D eigenvalue weighted by atomic mass is 10.0. The maximum absolute atomic E-state index is 10.1. The van der Waals surface area contributed by atoms with E-state index in [1.54, 1.807) is 6.07 Å². The van der Waals surface area contributed by atoms with Crippen molar-refractivity contribution in [2.45, 2.75) is 38.9 Å². The number of rotatable bonds is 4. The van der Waals surface area contributed by atoms with Gasteiger partial charge in [-0.1, -0.05) is 29.5 Å². The van der Waals surface area contributed by atoms with Gasteiger partial charge in [0, 0.05) is 11.1 Å². The van der Waals surface area contributed by atoms with Crippen molar-refractivity contribution >= 4 is 11.3 Å². The highest BCUT2D eigenvalue weighted by Gasteiger charge is 2.24. The van der Waals surface area contributed by atoms with Crippen molar-refractivity contribution in [1.82, 2.24) is 10.2 Å². The van der Waals surface area contributed by atoms with E-state index in [1.165, 1.54) is 11.3 Å². The van der Waals surface area contributed by atoms with Gasteiger partial charge in [0.1, 0.15) is 21.8 Å². The van der Waals surface area contributed by atoms with Crippen LogP contribution >= 0.6 is 11.3 Å². The Labute approximate surface area is 161 Å². The molecule has 1 atom stereocenters. The molecule has 1 aliphatic rings. The lowest BCUT2D eigenvalue weighted by Gasteiger charge is -2.11. The molecular weight excluding hydrogens is 358 g/mol. The summed E-state index contributed by atoms with van der Waals surface area (Å²) < 4.78 is 5.68. The van der Waals surface area contributed by atoms with E-state index in [0.717, 1.165) is 45.1 Å². The number of nitriles is 1. The second-order valence-corrected chi connectivity index (χ2v) is 7.81. The summed E-state index contributed by atoms with van der Waals surface area (Å²) >= 11 is 1.49. The minimum atomic E-state index is -0.390. The van der Waals surface area contributed by atoms with Gasteiger partial charge < -0.3 is 9.84 Å². The largest absolute Gasteiger partial charge is 0.490 e. The first kappa shape index (κ1) is 17.7. The normalized spacial score (nSPS) is 15.6. The number of aliphatic hydroxyl groups excluding tert-OH is 1. The fourth-order valence-corrected chi connectivity index (χ4v) is 4.28. The predicted octanol–water partition coefficient (Wildman–Crippen LogP) is 4.51. The standard InChI is InChI=1S/C21H19N3O2S/c1-12(2)26-19-9-6-13(10-14(19)11-22)20-23-24-21(27-20)17-5-3-4-16-15(17)7-8-18(16)25/h3-6,9-10,12,18,25H,7-8H2,1-2H3/t18-/m0/s1. The van der Waals surface area contributed by atoms with Gasteiger partial charge in [-0.15, -0.1) is 10.2 Å². The van der Waals surface area contributed by atoms with Gasteiger partial charge in [-0.05, 0) is 56.0 Å². The number of hydrogen-bond acceptors (Lipinski definition) is 6. The molecule has 3 aromatic rings. The number of fused-ring (bicyclic) bond motifs is 1. The van der Waals surface area contributed by atoms with Crippen molar-refractivity contribution in [3.63, 3.8) is 0 Å². The van der Waals surface area contributed by atoms with E-state index >= 15 is 0 Å². The Balaban J connectivity index is 1.69. The number of ether oxygens (including phenoxy) is 1. The first-order valence-corrected chi connectivity index (χ1v) is 9.73. The van der Waals surface area contributed by atoms with Crippen molar-refractivity contribution in [1.29, 1.82) is 5.26 Å². The van der Waals surface area contributed by atoms with E-state index in [9.17, 15) is 10.4 Å². The first-order chi connectivity index (χ1) is 13.1. The smallest absolute Gasteiger partial charge is 0.148 e. The van der Waals surface area contributed by atoms with Crippen molar-refractivity contribution in [2.24, 2.45) is 0 Å². The number of benzene rings is 2. The van der Waals surface area contributed by atoms with Gasteiger partial charge >= 0.3 is 0 Å². The zero-order valence-electron chi connectivity index (χ0n) is 15.1. The van der Waals surface area contributed by atoms with E-state index < -0.39 is 0 Å². The fourth-order valence-electron chi connectivity index (χ4n) is 3.39. The quantitative estimate of drug-likeness (QED) is 0.724. The molecule has 1 aromatic heterocycles. The van der Waals surface area contributed by atoms with Crippen LogP contribution in [0.25, 0.3) is 21.1 Å². The minimum absolute atomic E-state index is 0.00612. The molecule has 0 spiro atoms. The average Bonchev–Trinajstić information content (AvgIpc) is 3.29. The van der Waals surface area contributed by atoms with Crippen LogP contribution < -0.4 is 4.74 Å². The van der Waals surface area contributed by atoms with Crippen LogP contribution in [-0.2, 0) is 6.42 Å². The van der Waals surface area contributed by atoms with Crippen molar-refractivity contribution in [2.75, 3.05) is 0 Å². The molecule has 5 nitrogen and oxygen atoms in total. The molecule has 136 valence electrons. The topological polar surface area (TPSA) is 79.0 Å². The van der Waals surface area contributed by atoms with E-state index in [0.29, 0.717) is 11.3 Å². The Bertz CT molecular complexity index is 1040. The van der Waals surface area contributed by atoms with Crippen molar-refractivity contribution in [3.05, 3.63) is 53.1 Å². The Morgan fingerprint density at radius 1 is 1.22 bits per heavy atom. The van der Waals surface area contributed by atoms with E-state index in [2.05, 4.69) is 16.3 Å². The van der Waals surface area contributed by atoms with Crippen LogP contribution in [-0.4, -0.2) is 21.4 Å². The van der Waals surface area contributed by atoms with E-state index in [-0.39, 0.29) is 12.2 Å². The Morgan fingerprint density at radius 3 is 2.81 bits per heavy atom. The molecule has 0 saturated carbocycles. The number of aromatic nitrogens is 2. The van der Waals surface area contributed by atoms with Crippen LogP contribution in [0.5, 0.6) is 5.75 Å². The molecule has 0 fully saturated rings. The molecule has 6 heteroatoms. The van der Waals surface area contributed by atoms with Gasteiger partial charge in [0.15, 0.2) is 0 Å². The highest BCUT2D eigenvalue weighted by atomic mass is 32.1. The van der Waals surface area contributed by atoms with Crippen LogP contribution in [0.15, 0.2) is 36.4 Å². The summed E-state index contributed by atoms with van der Waals surface area (Å²) in [6.45, 7) is 3.86. The highest BCUT2D eigenvalue weighted by molar-refractivity contribution is 7.17. The predicted molar refractivity (Wildman–Crippen MR) is 105 cm³/mol. The third-order valence-corrected chi connectivity index (χ3v) is 5.61. The summed E-state index contributed by atoms with van der Waals surface area (Å²) in [5.74, 6) is 0.579. The van der Waals surface area contributed by atoms with Gasteiger partial charge in [-0.25, -0.2) is 0 Å². The van der Waals surface area contributed by atoms with Crippen molar-refractivity contribution < 1.29 is 9.84 Å². The Morgan fingerprint density at radius 2 is 2.04 bits per heavy atom. The minimum Gasteiger partial charge on any atom is -0.490 e. The number of hydrogen-bond donors (Lipinski definition) is 1. The third kappa shape index (κ3) is 3.32. The molecular formula is C21H19N3O2S. The average molecular weight is 377 g/mol. The lowest BCUT2D eigenvalue weighted by Crippen LogP contribution is -2.06. The molecule has 0 unspecified atom stereocenters. The monoisotopic (exact) mass is 377 g/mol. The summed E-state index contributed by atoms with van der Waals surface area (Å²) in [4.78, 5) is 0. The van der Waals surface area contributed by atoms with Gasteiger partial charge in [-0.3, -0.25) is 0 Å². The van der Waals surface area contributed by atoms with Gasteiger partial charge in [0.2, 0.25) is 0 Å². The zero-order chi connectivity index (χ0) is 19.0. The highest BCUT2D eigenvalue weighted by Crippen LogP contribution is 2.40. The van der Waals surface area contributed by atoms with Crippen LogP contribution in [0.4, 0.5) is 0 Å². The third-order valence-electron chi connectivity index (χ3n) is 4.60. The summed E-state index contributed by atoms with van der Waals surface area (Å²) in [5.41, 5.74) is 4.52. The molecule has 1 aliphatic carbocycles. The molecule has 0 radical (unpaired) electrons. The fraction of sp³-hybridized carbons (Fsp3) is 0.286. The molecule has 4 rings (SSSR count). The molecule has 0 aliphatic heterocycles. The van der Waals surface area contributed by atoms with Crippen LogP contribution in [0.1, 0.15) is 43.1 Å². The molecule has 2 aromatic carbocycles. The summed E-state index contributed by atoms with van der Waals surface area (Å²) in [6.07, 6.45) is 1.22. The number of aliphatic hydroxyl groups is 1. The summed E-state index contributed by atoms with van der Waals surface area (Å²) in [5, 5.41) is 29.8. The second kappa shape index (κ2) is 7.10. The number of nitrogens with zero attached hydrogens (tertiary/aromatic N) is 3. The van der Waals surface area contributed by atoms with Crippen LogP contribution in [0.2, 0.25) is 0 Å². The molecule has 0 amide bonds. The van der Waals surface area contributed by atoms with Gasteiger partial charge in [-0.2, -0.15) is 5.26 Å². The molecule has 0 saturated heterocycles. The molecule has 1 heterocycles. The maximum Gasteiger partial charge on any atom is 0.148 e. The molecule has 1 N–H and O–H groups in total. The first-order valence-electron chi connectivity index (χ1n) is 8.91. The molecule has 0 bridgehead atoms.